The summed E-state index contributed by atoms with van der Waals surface area (Å²) in [6.07, 6.45) is 0. The highest BCUT2D eigenvalue weighted by molar-refractivity contribution is 6.22. The lowest BCUT2D eigenvalue weighted by Gasteiger charge is -2.18. The second-order valence-electron chi connectivity index (χ2n) is 6.62. The quantitative estimate of drug-likeness (QED) is 0.348. The lowest BCUT2D eigenvalue weighted by molar-refractivity contribution is 1.57. The van der Waals surface area contributed by atoms with Crippen LogP contribution in [0.2, 0.25) is 0 Å². The summed E-state index contributed by atoms with van der Waals surface area (Å²) in [7, 11) is 2.01. The van der Waals surface area contributed by atoms with E-state index in [1.54, 1.807) is 0 Å². The Balaban J connectivity index is 2.05. The van der Waals surface area contributed by atoms with Crippen molar-refractivity contribution in [1.29, 1.82) is 0 Å². The molecule has 0 saturated heterocycles. The summed E-state index contributed by atoms with van der Waals surface area (Å²) >= 11 is 0. The zero-order valence-corrected chi connectivity index (χ0v) is 14.7. The van der Waals surface area contributed by atoms with E-state index in [-0.39, 0.29) is 0 Å². The molecule has 5 rings (SSSR count). The first-order chi connectivity index (χ1) is 12.9. The van der Waals surface area contributed by atoms with Crippen LogP contribution in [-0.4, -0.2) is 7.05 Å². The highest BCUT2D eigenvalue weighted by Gasteiger charge is 2.15. The fourth-order valence-corrected chi connectivity index (χ4v) is 4.13. The predicted octanol–water partition coefficient (Wildman–Crippen LogP) is 6.85. The van der Waals surface area contributed by atoms with E-state index in [4.69, 9.17) is 0 Å². The van der Waals surface area contributed by atoms with E-state index >= 15 is 0 Å². The van der Waals surface area contributed by atoms with Gasteiger partial charge in [0.25, 0.3) is 0 Å². The minimum atomic E-state index is 1.19. The third-order valence-corrected chi connectivity index (χ3v) is 5.24. The summed E-state index contributed by atoms with van der Waals surface area (Å²) in [5.41, 5.74) is 3.80. The summed E-state index contributed by atoms with van der Waals surface area (Å²) in [4.78, 5) is 0. The van der Waals surface area contributed by atoms with Crippen LogP contribution in [0.4, 0.5) is 5.69 Å². The van der Waals surface area contributed by atoms with Crippen molar-refractivity contribution >= 4 is 38.0 Å². The van der Waals surface area contributed by atoms with E-state index < -0.39 is 0 Å². The molecular weight excluding hydrogens is 314 g/mol. The van der Waals surface area contributed by atoms with Gasteiger partial charge in [-0.2, -0.15) is 0 Å². The molecule has 5 aromatic carbocycles. The molecule has 0 atom stereocenters. The minimum Gasteiger partial charge on any atom is -0.387 e. The molecule has 1 nitrogen and oxygen atoms in total. The summed E-state index contributed by atoms with van der Waals surface area (Å²) < 4.78 is 0. The van der Waals surface area contributed by atoms with Gasteiger partial charge in [0.1, 0.15) is 0 Å². The maximum absolute atomic E-state index is 3.43. The van der Waals surface area contributed by atoms with Crippen molar-refractivity contribution in [2.24, 2.45) is 0 Å². The number of anilines is 1. The van der Waals surface area contributed by atoms with Gasteiger partial charge in [-0.3, -0.25) is 0 Å². The summed E-state index contributed by atoms with van der Waals surface area (Å²) in [5.74, 6) is 0. The Morgan fingerprint density at radius 2 is 1.00 bits per heavy atom. The third-order valence-electron chi connectivity index (χ3n) is 5.24. The molecule has 0 saturated carbocycles. The number of benzene rings is 5. The van der Waals surface area contributed by atoms with Gasteiger partial charge < -0.3 is 5.32 Å². The van der Waals surface area contributed by atoms with Crippen molar-refractivity contribution in [2.75, 3.05) is 12.4 Å². The predicted molar refractivity (Wildman–Crippen MR) is 114 cm³/mol. The Morgan fingerprint density at radius 3 is 1.62 bits per heavy atom. The van der Waals surface area contributed by atoms with Gasteiger partial charge in [-0.25, -0.2) is 0 Å². The molecule has 0 aliphatic carbocycles. The van der Waals surface area contributed by atoms with E-state index in [1.165, 1.54) is 49.1 Å². The molecule has 0 radical (unpaired) electrons. The first-order valence-corrected chi connectivity index (χ1v) is 8.98. The van der Waals surface area contributed by atoms with Gasteiger partial charge in [-0.05, 0) is 32.7 Å². The fourth-order valence-electron chi connectivity index (χ4n) is 4.13. The van der Waals surface area contributed by atoms with E-state index in [2.05, 4.69) is 96.3 Å². The largest absolute Gasteiger partial charge is 0.387 e. The zero-order chi connectivity index (χ0) is 17.5. The van der Waals surface area contributed by atoms with Gasteiger partial charge in [0.15, 0.2) is 0 Å². The molecule has 0 aliphatic heterocycles. The molecule has 0 heterocycles. The van der Waals surface area contributed by atoms with E-state index in [9.17, 15) is 0 Å². The smallest absolute Gasteiger partial charge is 0.0497 e. The lowest BCUT2D eigenvalue weighted by Crippen LogP contribution is -1.94. The topological polar surface area (TPSA) is 12.0 Å². The molecule has 0 spiro atoms. The fraction of sp³-hybridized carbons (Fsp3) is 0.0400. The molecule has 124 valence electrons. The molecule has 1 heteroatoms. The number of hydrogen-bond donors (Lipinski definition) is 1. The maximum atomic E-state index is 3.43. The first-order valence-electron chi connectivity index (χ1n) is 8.98. The summed E-state index contributed by atoms with van der Waals surface area (Å²) in [5, 5.41) is 11.1. The monoisotopic (exact) mass is 333 g/mol. The van der Waals surface area contributed by atoms with Gasteiger partial charge in [-0.1, -0.05) is 91.0 Å². The van der Waals surface area contributed by atoms with E-state index in [1.807, 2.05) is 7.05 Å². The highest BCUT2D eigenvalue weighted by Crippen LogP contribution is 2.43. The van der Waals surface area contributed by atoms with Crippen molar-refractivity contribution < 1.29 is 0 Å². The van der Waals surface area contributed by atoms with Crippen LogP contribution in [0.25, 0.3) is 43.4 Å². The second-order valence-corrected chi connectivity index (χ2v) is 6.62. The first kappa shape index (κ1) is 15.0. The molecule has 0 amide bonds. The normalized spacial score (nSPS) is 11.3. The molecule has 0 aliphatic rings. The van der Waals surface area contributed by atoms with Crippen molar-refractivity contribution in [3.8, 4) is 11.1 Å². The molecular formula is C25H19N. The minimum absolute atomic E-state index is 1.19. The van der Waals surface area contributed by atoms with Gasteiger partial charge >= 0.3 is 0 Å². The van der Waals surface area contributed by atoms with Crippen molar-refractivity contribution in [3.63, 3.8) is 0 Å². The summed E-state index contributed by atoms with van der Waals surface area (Å²) in [6, 6.07) is 32.6. The zero-order valence-electron chi connectivity index (χ0n) is 14.7. The average Bonchev–Trinajstić information content (AvgIpc) is 2.71. The highest BCUT2D eigenvalue weighted by atomic mass is 14.8. The van der Waals surface area contributed by atoms with Crippen molar-refractivity contribution in [3.05, 3.63) is 91.0 Å². The Hall–Kier alpha value is -3.32. The van der Waals surface area contributed by atoms with Crippen molar-refractivity contribution in [1.82, 2.24) is 0 Å². The second kappa shape index (κ2) is 5.89. The molecule has 0 bridgehead atoms. The number of fused-ring (bicyclic) bond motifs is 3. The summed E-state index contributed by atoms with van der Waals surface area (Å²) in [6.45, 7) is 0. The van der Waals surface area contributed by atoms with Gasteiger partial charge in [0.2, 0.25) is 0 Å². The number of nitrogens with one attached hydrogen (secondary N) is 1. The standard InChI is InChI=1S/C25H19N/c1-26-25-22-14-6-4-12-20(22)24(21-13-5-7-15-23(21)25)19-16-8-10-17-9-2-3-11-18(17)19/h2-16,26H,1H3. The Kier molecular flexibility index (Phi) is 3.39. The Morgan fingerprint density at radius 1 is 0.500 bits per heavy atom. The van der Waals surface area contributed by atoms with Crippen LogP contribution in [0.15, 0.2) is 91.0 Å². The van der Waals surface area contributed by atoms with Gasteiger partial charge in [-0.15, -0.1) is 0 Å². The Labute approximate surface area is 152 Å². The maximum Gasteiger partial charge on any atom is 0.0497 e. The van der Waals surface area contributed by atoms with Crippen LogP contribution >= 0.6 is 0 Å². The van der Waals surface area contributed by atoms with Crippen molar-refractivity contribution in [2.45, 2.75) is 0 Å². The lowest BCUT2D eigenvalue weighted by atomic mass is 9.88. The van der Waals surface area contributed by atoms with E-state index in [0.29, 0.717) is 0 Å². The number of hydrogen-bond acceptors (Lipinski definition) is 1. The van der Waals surface area contributed by atoms with Gasteiger partial charge in [0, 0.05) is 23.5 Å². The SMILES string of the molecule is CNc1c2ccccc2c(-c2cccc3ccccc23)c2ccccc12. The molecule has 26 heavy (non-hydrogen) atoms. The van der Waals surface area contributed by atoms with E-state index in [0.717, 1.165) is 0 Å². The Bertz CT molecular complexity index is 1210. The average molecular weight is 333 g/mol. The van der Waals surface area contributed by atoms with Crippen LogP contribution in [0.3, 0.4) is 0 Å². The van der Waals surface area contributed by atoms with Crippen LogP contribution in [0.1, 0.15) is 0 Å². The van der Waals surface area contributed by atoms with Crippen LogP contribution in [0, 0.1) is 0 Å². The van der Waals surface area contributed by atoms with Gasteiger partial charge in [0.05, 0.1) is 0 Å². The molecule has 0 unspecified atom stereocenters. The number of rotatable bonds is 2. The van der Waals surface area contributed by atoms with Crippen LogP contribution in [-0.2, 0) is 0 Å². The third kappa shape index (κ3) is 2.11. The molecule has 5 aromatic rings. The molecule has 0 fully saturated rings. The van der Waals surface area contributed by atoms with Crippen LogP contribution in [0.5, 0.6) is 0 Å². The molecule has 1 N–H and O–H groups in total. The van der Waals surface area contributed by atoms with Crippen LogP contribution < -0.4 is 5.32 Å². The molecule has 0 aromatic heterocycles.